The van der Waals surface area contributed by atoms with E-state index in [1.165, 1.54) is 22.8 Å². The molecular weight excluding hydrogens is 306 g/mol. The van der Waals surface area contributed by atoms with Gasteiger partial charge in [0.2, 0.25) is 6.79 Å². The fourth-order valence-corrected chi connectivity index (χ4v) is 2.46. The maximum Gasteiger partial charge on any atom is 0.423 e. The van der Waals surface area contributed by atoms with Gasteiger partial charge >= 0.3 is 12.1 Å². The van der Waals surface area contributed by atoms with E-state index in [1.807, 2.05) is 6.07 Å². The average Bonchev–Trinajstić information content (AvgIpc) is 3.13. The van der Waals surface area contributed by atoms with Crippen LogP contribution in [0, 0.1) is 0 Å². The lowest BCUT2D eigenvalue weighted by Crippen LogP contribution is -2.17. The highest BCUT2D eigenvalue weighted by molar-refractivity contribution is 7.07. The summed E-state index contributed by atoms with van der Waals surface area (Å²) in [7, 11) is 0. The molecule has 22 heavy (non-hydrogen) atoms. The van der Waals surface area contributed by atoms with Crippen molar-refractivity contribution in [1.82, 2.24) is 14.5 Å². The van der Waals surface area contributed by atoms with Crippen molar-refractivity contribution in [2.75, 3.05) is 6.79 Å². The van der Waals surface area contributed by atoms with Crippen molar-refractivity contribution in [2.24, 2.45) is 0 Å². The van der Waals surface area contributed by atoms with Gasteiger partial charge in [0.05, 0.1) is 16.5 Å². The Bertz CT molecular complexity index is 826. The first kappa shape index (κ1) is 14.2. The van der Waals surface area contributed by atoms with Gasteiger partial charge in [-0.25, -0.2) is 19.3 Å². The van der Waals surface area contributed by atoms with Gasteiger partial charge in [-0.15, -0.1) is 11.3 Å². The molecule has 2 heterocycles. The third-order valence-electron chi connectivity index (χ3n) is 2.85. The Labute approximate surface area is 129 Å². The van der Waals surface area contributed by atoms with Crippen LogP contribution in [0.3, 0.4) is 0 Å². The summed E-state index contributed by atoms with van der Waals surface area (Å²) in [5, 5.41) is 1.79. The van der Waals surface area contributed by atoms with Gasteiger partial charge in [-0.3, -0.25) is 4.79 Å². The van der Waals surface area contributed by atoms with E-state index in [1.54, 1.807) is 29.1 Å². The number of rotatable bonds is 3. The Morgan fingerprint density at radius 1 is 1.27 bits per heavy atom. The van der Waals surface area contributed by atoms with Gasteiger partial charge in [0.15, 0.2) is 5.82 Å². The van der Waals surface area contributed by atoms with Crippen LogP contribution in [-0.4, -0.2) is 33.4 Å². The largest absolute Gasteiger partial charge is 0.428 e. The fraction of sp³-hybridized carbons (Fsp3) is 0.143. The molecule has 8 heteroatoms. The van der Waals surface area contributed by atoms with Crippen LogP contribution < -0.4 is 0 Å². The topological polar surface area (TPSA) is 83.3 Å². The number of benzene rings is 1. The lowest BCUT2D eigenvalue weighted by molar-refractivity contribution is -0.149. The molecule has 0 saturated carbocycles. The first-order chi connectivity index (χ1) is 10.7. The Morgan fingerprint density at radius 3 is 2.82 bits per heavy atom. The smallest absolute Gasteiger partial charge is 0.423 e. The maximum atomic E-state index is 12.3. The minimum absolute atomic E-state index is 0.385. The number of hydrogen-bond acceptors (Lipinski definition) is 7. The third kappa shape index (κ3) is 2.68. The molecule has 0 N–H and O–H groups in total. The minimum Gasteiger partial charge on any atom is -0.428 e. The van der Waals surface area contributed by atoms with Gasteiger partial charge < -0.3 is 9.47 Å². The zero-order valence-corrected chi connectivity index (χ0v) is 12.4. The molecule has 3 rings (SSSR count). The predicted octanol–water partition coefficient (Wildman–Crippen LogP) is 2.67. The molecule has 0 spiro atoms. The molecule has 2 aromatic heterocycles. The van der Waals surface area contributed by atoms with Crippen LogP contribution in [0.15, 0.2) is 35.2 Å². The Morgan fingerprint density at radius 2 is 2.09 bits per heavy atom. The summed E-state index contributed by atoms with van der Waals surface area (Å²) in [6.45, 7) is 0.790. The van der Waals surface area contributed by atoms with Crippen molar-refractivity contribution in [3.8, 4) is 11.5 Å². The summed E-state index contributed by atoms with van der Waals surface area (Å²) >= 11 is 1.40. The highest BCUT2D eigenvalue weighted by Gasteiger charge is 2.20. The highest BCUT2D eigenvalue weighted by Crippen LogP contribution is 2.24. The number of thiazole rings is 1. The van der Waals surface area contributed by atoms with Crippen LogP contribution in [0.2, 0.25) is 0 Å². The van der Waals surface area contributed by atoms with Crippen molar-refractivity contribution < 1.29 is 19.1 Å². The molecule has 112 valence electrons. The van der Waals surface area contributed by atoms with Gasteiger partial charge in [0.25, 0.3) is 0 Å². The molecule has 7 nitrogen and oxygen atoms in total. The molecule has 1 aromatic carbocycles. The average molecular weight is 317 g/mol. The molecule has 0 saturated heterocycles. The molecule has 0 amide bonds. The van der Waals surface area contributed by atoms with Crippen molar-refractivity contribution in [2.45, 2.75) is 6.92 Å². The first-order valence-corrected chi connectivity index (χ1v) is 7.27. The molecule has 0 atom stereocenters. The number of nitrogens with zero attached hydrogens (tertiary/aromatic N) is 3. The van der Waals surface area contributed by atoms with Crippen LogP contribution in [0.1, 0.15) is 6.92 Å². The van der Waals surface area contributed by atoms with E-state index in [2.05, 4.69) is 14.7 Å². The van der Waals surface area contributed by atoms with Crippen LogP contribution in [-0.2, 0) is 14.3 Å². The molecule has 0 aliphatic carbocycles. The number of carbonyl (C=O) groups is 2. The number of carbonyl (C=O) groups excluding carboxylic acids is 2. The molecule has 0 fully saturated rings. The minimum atomic E-state index is -0.682. The van der Waals surface area contributed by atoms with Crippen LogP contribution >= 0.6 is 11.3 Å². The fourth-order valence-electron chi connectivity index (χ4n) is 1.93. The standard InChI is InChI=1S/C14H11N3O4S/c1-9(18)20-8-21-14(19)17-12-5-3-2-4-10(12)16-13(17)11-6-22-7-15-11/h2-7H,8H2,1H3. The lowest BCUT2D eigenvalue weighted by Gasteiger charge is -2.07. The summed E-state index contributed by atoms with van der Waals surface area (Å²) in [5.74, 6) is -0.140. The van der Waals surface area contributed by atoms with E-state index in [0.29, 0.717) is 22.6 Å². The quantitative estimate of drug-likeness (QED) is 0.545. The number of esters is 1. The van der Waals surface area contributed by atoms with Crippen LogP contribution in [0.25, 0.3) is 22.6 Å². The monoisotopic (exact) mass is 317 g/mol. The Kier molecular flexibility index (Phi) is 3.84. The summed E-state index contributed by atoms with van der Waals surface area (Å²) in [5.41, 5.74) is 3.47. The van der Waals surface area contributed by atoms with Gasteiger partial charge in [0.1, 0.15) is 5.69 Å². The van der Waals surface area contributed by atoms with Crippen molar-refractivity contribution in [3.63, 3.8) is 0 Å². The van der Waals surface area contributed by atoms with Gasteiger partial charge in [0, 0.05) is 12.3 Å². The zero-order chi connectivity index (χ0) is 15.5. The molecular formula is C14H11N3O4S. The number of fused-ring (bicyclic) bond motifs is 1. The third-order valence-corrected chi connectivity index (χ3v) is 3.44. The molecule has 3 aromatic rings. The van der Waals surface area contributed by atoms with Crippen LogP contribution in [0.5, 0.6) is 0 Å². The van der Waals surface area contributed by atoms with Crippen molar-refractivity contribution in [3.05, 3.63) is 35.2 Å². The number of para-hydroxylation sites is 2. The second kappa shape index (κ2) is 5.94. The van der Waals surface area contributed by atoms with E-state index in [4.69, 9.17) is 4.74 Å². The summed E-state index contributed by atoms with van der Waals surface area (Å²) in [4.78, 5) is 31.6. The second-order valence-corrected chi connectivity index (χ2v) is 5.02. The van der Waals surface area contributed by atoms with Gasteiger partial charge in [-0.1, -0.05) is 12.1 Å². The number of hydrogen-bond donors (Lipinski definition) is 0. The Balaban J connectivity index is 2.01. The van der Waals surface area contributed by atoms with E-state index in [0.717, 1.165) is 0 Å². The summed E-state index contributed by atoms with van der Waals surface area (Å²) < 4.78 is 10.9. The first-order valence-electron chi connectivity index (χ1n) is 6.33. The molecule has 0 aliphatic rings. The van der Waals surface area contributed by atoms with Crippen LogP contribution in [0.4, 0.5) is 4.79 Å². The molecule has 0 bridgehead atoms. The summed E-state index contributed by atoms with van der Waals surface area (Å²) in [6.07, 6.45) is -0.682. The molecule has 0 unspecified atom stereocenters. The SMILES string of the molecule is CC(=O)OCOC(=O)n1c(-c2cscn2)nc2ccccc21. The van der Waals surface area contributed by atoms with Gasteiger partial charge in [-0.2, -0.15) is 0 Å². The summed E-state index contributed by atoms with van der Waals surface area (Å²) in [6, 6.07) is 7.17. The Hall–Kier alpha value is -2.74. The predicted molar refractivity (Wildman–Crippen MR) is 79.4 cm³/mol. The highest BCUT2D eigenvalue weighted by atomic mass is 32.1. The molecule has 0 aliphatic heterocycles. The van der Waals surface area contributed by atoms with E-state index in [-0.39, 0.29) is 0 Å². The number of ether oxygens (including phenoxy) is 2. The van der Waals surface area contributed by atoms with E-state index >= 15 is 0 Å². The van der Waals surface area contributed by atoms with E-state index in [9.17, 15) is 9.59 Å². The van der Waals surface area contributed by atoms with Gasteiger partial charge in [-0.05, 0) is 12.1 Å². The normalized spacial score (nSPS) is 10.6. The number of aromatic nitrogens is 3. The second-order valence-electron chi connectivity index (χ2n) is 4.30. The number of imidazole rings is 1. The molecule has 0 radical (unpaired) electrons. The zero-order valence-electron chi connectivity index (χ0n) is 11.6. The lowest BCUT2D eigenvalue weighted by atomic mass is 10.3. The van der Waals surface area contributed by atoms with Crippen molar-refractivity contribution >= 4 is 34.4 Å². The maximum absolute atomic E-state index is 12.3. The van der Waals surface area contributed by atoms with Crippen molar-refractivity contribution in [1.29, 1.82) is 0 Å². The van der Waals surface area contributed by atoms with E-state index < -0.39 is 18.9 Å².